The zero-order valence-corrected chi connectivity index (χ0v) is 12.9. The van der Waals surface area contributed by atoms with Gasteiger partial charge in [0.2, 0.25) is 0 Å². The van der Waals surface area contributed by atoms with Gasteiger partial charge in [0.05, 0.1) is 0 Å². The first-order chi connectivity index (χ1) is 8.43. The number of sulfonamides is 1. The van der Waals surface area contributed by atoms with Crippen molar-refractivity contribution in [3.63, 3.8) is 0 Å². The lowest BCUT2D eigenvalue weighted by Gasteiger charge is -2.19. The van der Waals surface area contributed by atoms with Gasteiger partial charge in [-0.2, -0.15) is 4.31 Å². The Labute approximate surface area is 118 Å². The molecule has 0 aliphatic carbocycles. The first-order valence-corrected chi connectivity index (χ1v) is 8.24. The van der Waals surface area contributed by atoms with Crippen molar-refractivity contribution in [2.45, 2.75) is 17.6 Å². The van der Waals surface area contributed by atoms with Crippen molar-refractivity contribution in [3.05, 3.63) is 15.9 Å². The molecular formula is C9H14BrN3O3S2. The Balaban J connectivity index is 2.91. The Bertz CT molecular complexity index is 527. The van der Waals surface area contributed by atoms with Crippen molar-refractivity contribution in [3.8, 4) is 0 Å². The van der Waals surface area contributed by atoms with E-state index in [9.17, 15) is 8.42 Å². The van der Waals surface area contributed by atoms with E-state index in [4.69, 9.17) is 10.9 Å². The highest BCUT2D eigenvalue weighted by atomic mass is 79.9. The minimum atomic E-state index is -3.53. The van der Waals surface area contributed by atoms with Crippen LogP contribution in [0.25, 0.3) is 0 Å². The van der Waals surface area contributed by atoms with Crippen molar-refractivity contribution in [2.24, 2.45) is 10.9 Å². The first kappa shape index (κ1) is 15.4. The number of halogens is 1. The molecule has 1 aromatic rings. The average molecular weight is 356 g/mol. The summed E-state index contributed by atoms with van der Waals surface area (Å²) >= 11 is 4.36. The predicted octanol–water partition coefficient (Wildman–Crippen LogP) is 1.66. The highest BCUT2D eigenvalue weighted by Gasteiger charge is 2.26. The number of thiophene rings is 1. The van der Waals surface area contributed by atoms with Gasteiger partial charge in [0.15, 0.2) is 0 Å². The van der Waals surface area contributed by atoms with Gasteiger partial charge in [-0.15, -0.1) is 11.3 Å². The lowest BCUT2D eigenvalue weighted by atomic mass is 10.4. The predicted molar refractivity (Wildman–Crippen MR) is 74.5 cm³/mol. The Morgan fingerprint density at radius 2 is 2.33 bits per heavy atom. The molecule has 1 aromatic heterocycles. The van der Waals surface area contributed by atoms with E-state index in [1.54, 1.807) is 18.4 Å². The van der Waals surface area contributed by atoms with E-state index < -0.39 is 10.0 Å². The van der Waals surface area contributed by atoms with E-state index >= 15 is 0 Å². The topological polar surface area (TPSA) is 96.0 Å². The van der Waals surface area contributed by atoms with E-state index in [1.165, 1.54) is 4.31 Å². The third-order valence-corrected chi connectivity index (χ3v) is 6.88. The van der Waals surface area contributed by atoms with Crippen LogP contribution in [0.3, 0.4) is 0 Å². The third-order valence-electron chi connectivity index (χ3n) is 2.26. The molecule has 0 atom stereocenters. The quantitative estimate of drug-likeness (QED) is 0.351. The van der Waals surface area contributed by atoms with Gasteiger partial charge >= 0.3 is 0 Å². The molecule has 1 rings (SSSR count). The molecule has 0 unspecified atom stereocenters. The summed E-state index contributed by atoms with van der Waals surface area (Å²) in [7, 11) is -3.53. The maximum atomic E-state index is 12.3. The molecule has 0 aliphatic rings. The minimum absolute atomic E-state index is 0.00824. The van der Waals surface area contributed by atoms with Crippen LogP contribution < -0.4 is 5.73 Å². The summed E-state index contributed by atoms with van der Waals surface area (Å²) < 4.78 is 26.7. The fraction of sp³-hybridized carbons (Fsp3) is 0.444. The maximum absolute atomic E-state index is 12.3. The molecule has 102 valence electrons. The van der Waals surface area contributed by atoms with E-state index in [-0.39, 0.29) is 23.0 Å². The SMILES string of the molecule is CCN(CCC(N)=NO)S(=O)(=O)c1sccc1Br. The summed E-state index contributed by atoms with van der Waals surface area (Å²) in [6.07, 6.45) is 0.187. The zero-order valence-electron chi connectivity index (χ0n) is 9.71. The van der Waals surface area contributed by atoms with Gasteiger partial charge < -0.3 is 10.9 Å². The number of nitrogens with two attached hydrogens (primary N) is 1. The number of hydrogen-bond acceptors (Lipinski definition) is 5. The van der Waals surface area contributed by atoms with Crippen LogP contribution in [-0.4, -0.2) is 36.9 Å². The van der Waals surface area contributed by atoms with E-state index in [0.29, 0.717) is 11.0 Å². The number of nitrogens with zero attached hydrogens (tertiary/aromatic N) is 2. The van der Waals surface area contributed by atoms with Gasteiger partial charge in [0.1, 0.15) is 10.0 Å². The standard InChI is InChI=1S/C9H14BrN3O3S2/c1-2-13(5-3-8(11)12-14)18(15,16)9-7(10)4-6-17-9/h4,6,14H,2-3,5H2,1H3,(H2,11,12). The van der Waals surface area contributed by atoms with Crippen molar-refractivity contribution >= 4 is 43.1 Å². The number of rotatable bonds is 6. The monoisotopic (exact) mass is 355 g/mol. The molecule has 0 amide bonds. The lowest BCUT2D eigenvalue weighted by Crippen LogP contribution is -2.33. The Morgan fingerprint density at radius 3 is 2.78 bits per heavy atom. The summed E-state index contributed by atoms with van der Waals surface area (Å²) in [6.45, 7) is 2.25. The van der Waals surface area contributed by atoms with Crippen molar-refractivity contribution in [1.82, 2.24) is 4.31 Å². The average Bonchev–Trinajstić information content (AvgIpc) is 2.76. The van der Waals surface area contributed by atoms with Crippen molar-refractivity contribution in [1.29, 1.82) is 0 Å². The van der Waals surface area contributed by atoms with Crippen LogP contribution in [0, 0.1) is 0 Å². The molecule has 0 saturated carbocycles. The third kappa shape index (κ3) is 3.44. The smallest absolute Gasteiger partial charge is 0.253 e. The van der Waals surface area contributed by atoms with Crippen molar-refractivity contribution < 1.29 is 13.6 Å². The van der Waals surface area contributed by atoms with Crippen LogP contribution in [-0.2, 0) is 10.0 Å². The van der Waals surface area contributed by atoms with Crippen LogP contribution >= 0.6 is 27.3 Å². The molecule has 18 heavy (non-hydrogen) atoms. The molecule has 0 spiro atoms. The summed E-state index contributed by atoms with van der Waals surface area (Å²) in [5.74, 6) is 0.00824. The van der Waals surface area contributed by atoms with E-state index in [2.05, 4.69) is 21.1 Å². The fourth-order valence-electron chi connectivity index (χ4n) is 1.32. The fourth-order valence-corrected chi connectivity index (χ4v) is 5.22. The summed E-state index contributed by atoms with van der Waals surface area (Å²) in [5.41, 5.74) is 5.34. The van der Waals surface area contributed by atoms with Gasteiger partial charge in [0, 0.05) is 24.0 Å². The molecule has 6 nitrogen and oxygen atoms in total. The highest BCUT2D eigenvalue weighted by Crippen LogP contribution is 2.30. The second-order valence-corrected chi connectivity index (χ2v) is 7.30. The van der Waals surface area contributed by atoms with E-state index in [0.717, 1.165) is 11.3 Å². The number of amidine groups is 1. The molecule has 0 fully saturated rings. The molecule has 9 heteroatoms. The molecule has 0 aliphatic heterocycles. The highest BCUT2D eigenvalue weighted by molar-refractivity contribution is 9.10. The number of oxime groups is 1. The molecule has 0 radical (unpaired) electrons. The minimum Gasteiger partial charge on any atom is -0.409 e. The molecule has 1 heterocycles. The largest absolute Gasteiger partial charge is 0.409 e. The molecule has 0 saturated heterocycles. The van der Waals surface area contributed by atoms with Crippen LogP contribution in [0.1, 0.15) is 13.3 Å². The van der Waals surface area contributed by atoms with Crippen LogP contribution in [0.2, 0.25) is 0 Å². The van der Waals surface area contributed by atoms with Gasteiger partial charge in [-0.1, -0.05) is 12.1 Å². The summed E-state index contributed by atoms with van der Waals surface area (Å²) in [6, 6.07) is 1.69. The van der Waals surface area contributed by atoms with Gasteiger partial charge in [-0.3, -0.25) is 0 Å². The Morgan fingerprint density at radius 1 is 1.67 bits per heavy atom. The lowest BCUT2D eigenvalue weighted by molar-refractivity contribution is 0.315. The van der Waals surface area contributed by atoms with Crippen LogP contribution in [0.15, 0.2) is 25.3 Å². The summed E-state index contributed by atoms with van der Waals surface area (Å²) in [5, 5.41) is 13.0. The van der Waals surface area contributed by atoms with Crippen molar-refractivity contribution in [2.75, 3.05) is 13.1 Å². The molecule has 0 bridgehead atoms. The van der Waals surface area contributed by atoms with Gasteiger partial charge in [-0.05, 0) is 27.4 Å². The molecular weight excluding hydrogens is 342 g/mol. The maximum Gasteiger partial charge on any atom is 0.253 e. The van der Waals surface area contributed by atoms with E-state index in [1.807, 2.05) is 0 Å². The normalized spacial score (nSPS) is 13.2. The zero-order chi connectivity index (χ0) is 13.8. The van der Waals surface area contributed by atoms with Gasteiger partial charge in [-0.25, -0.2) is 8.42 Å². The first-order valence-electron chi connectivity index (χ1n) is 5.13. The molecule has 3 N–H and O–H groups in total. The Kier molecular flexibility index (Phi) is 5.57. The second-order valence-electron chi connectivity index (χ2n) is 3.39. The van der Waals surface area contributed by atoms with Crippen LogP contribution in [0.5, 0.6) is 0 Å². The van der Waals surface area contributed by atoms with Gasteiger partial charge in [0.25, 0.3) is 10.0 Å². The Hall–Kier alpha value is -0.640. The van der Waals surface area contributed by atoms with Crippen LogP contribution in [0.4, 0.5) is 0 Å². The molecule has 0 aromatic carbocycles. The number of hydrogen-bond donors (Lipinski definition) is 2. The second kappa shape index (κ2) is 6.50. The summed E-state index contributed by atoms with van der Waals surface area (Å²) in [4.78, 5) is 0.